The van der Waals surface area contributed by atoms with Crippen LogP contribution in [0.5, 0.6) is 6.01 Å². The molecule has 1 saturated heterocycles. The molecule has 0 bridgehead atoms. The first-order valence-electron chi connectivity index (χ1n) is 10.2. The van der Waals surface area contributed by atoms with Gasteiger partial charge >= 0.3 is 11.7 Å². The van der Waals surface area contributed by atoms with Gasteiger partial charge in [-0.2, -0.15) is 9.97 Å². The zero-order valence-corrected chi connectivity index (χ0v) is 16.5. The van der Waals surface area contributed by atoms with Crippen molar-refractivity contribution in [1.29, 1.82) is 0 Å². The molecule has 8 heteroatoms. The molecule has 3 rings (SSSR count). The molecule has 8 nitrogen and oxygen atoms in total. The fourth-order valence-electron chi connectivity index (χ4n) is 3.52. The van der Waals surface area contributed by atoms with Crippen molar-refractivity contribution in [3.05, 3.63) is 10.5 Å². The van der Waals surface area contributed by atoms with E-state index in [1.165, 1.54) is 32.4 Å². The molecule has 2 aromatic heterocycles. The van der Waals surface area contributed by atoms with E-state index in [2.05, 4.69) is 19.9 Å². The summed E-state index contributed by atoms with van der Waals surface area (Å²) in [5, 5.41) is 0. The van der Waals surface area contributed by atoms with Gasteiger partial charge in [0.05, 0.1) is 6.10 Å². The number of H-pyrrole nitrogens is 1. The summed E-state index contributed by atoms with van der Waals surface area (Å²) in [5.74, 6) is 0.249. The summed E-state index contributed by atoms with van der Waals surface area (Å²) in [6, 6.07) is 0.229. The van der Waals surface area contributed by atoms with E-state index in [0.717, 1.165) is 32.2 Å². The van der Waals surface area contributed by atoms with E-state index in [1.807, 2.05) is 13.8 Å². The van der Waals surface area contributed by atoms with Gasteiger partial charge in [0.2, 0.25) is 0 Å². The number of nitrogen functional groups attached to an aromatic ring is 1. The molecule has 0 amide bonds. The molecule has 2 aromatic rings. The Hall–Kier alpha value is -2.09. The van der Waals surface area contributed by atoms with Crippen LogP contribution in [-0.4, -0.2) is 50.2 Å². The minimum Gasteiger partial charge on any atom is -0.460 e. The van der Waals surface area contributed by atoms with Crippen molar-refractivity contribution in [2.24, 2.45) is 0 Å². The van der Waals surface area contributed by atoms with Crippen LogP contribution in [-0.2, 0) is 6.54 Å². The van der Waals surface area contributed by atoms with E-state index in [-0.39, 0.29) is 23.6 Å². The quantitative estimate of drug-likeness (QED) is 0.652. The van der Waals surface area contributed by atoms with Gasteiger partial charge in [0.25, 0.3) is 0 Å². The first kappa shape index (κ1) is 19.7. The fourth-order valence-corrected chi connectivity index (χ4v) is 3.52. The molecule has 1 aliphatic heterocycles. The van der Waals surface area contributed by atoms with Crippen molar-refractivity contribution in [1.82, 2.24) is 24.4 Å². The van der Waals surface area contributed by atoms with Crippen molar-refractivity contribution in [2.45, 2.75) is 71.4 Å². The molecule has 0 aromatic carbocycles. The third kappa shape index (κ3) is 5.00. The second-order valence-electron chi connectivity index (χ2n) is 7.47. The smallest absolute Gasteiger partial charge is 0.327 e. The van der Waals surface area contributed by atoms with E-state index in [0.29, 0.717) is 17.7 Å². The SMILES string of the molecule is CC[C@H](C)Oc1nc(N)c2[nH]c(=O)n(CCCCCN3CCCCC3)c2n1. The number of fused-ring (bicyclic) bond motifs is 1. The predicted molar refractivity (Wildman–Crippen MR) is 107 cm³/mol. The summed E-state index contributed by atoms with van der Waals surface area (Å²) >= 11 is 0. The number of rotatable bonds is 9. The normalized spacial score (nSPS) is 16.7. The molecule has 0 aliphatic carbocycles. The number of piperidine rings is 1. The molecule has 0 spiro atoms. The third-order valence-electron chi connectivity index (χ3n) is 5.32. The highest BCUT2D eigenvalue weighted by Gasteiger charge is 2.15. The molecule has 1 fully saturated rings. The first-order valence-corrected chi connectivity index (χ1v) is 10.2. The second kappa shape index (κ2) is 9.21. The Morgan fingerprint density at radius 3 is 2.63 bits per heavy atom. The van der Waals surface area contributed by atoms with E-state index in [9.17, 15) is 4.79 Å². The summed E-state index contributed by atoms with van der Waals surface area (Å²) in [6.45, 7) is 8.23. The number of nitrogens with two attached hydrogens (primary N) is 1. The van der Waals surface area contributed by atoms with Gasteiger partial charge in [0, 0.05) is 6.54 Å². The Labute approximate surface area is 160 Å². The number of likely N-dealkylation sites (tertiary alicyclic amines) is 1. The van der Waals surface area contributed by atoms with E-state index in [1.54, 1.807) is 4.57 Å². The van der Waals surface area contributed by atoms with Crippen molar-refractivity contribution < 1.29 is 4.74 Å². The Morgan fingerprint density at radius 2 is 1.89 bits per heavy atom. The zero-order chi connectivity index (χ0) is 19.2. The van der Waals surface area contributed by atoms with Crippen molar-refractivity contribution in [2.75, 3.05) is 25.4 Å². The van der Waals surface area contributed by atoms with Crippen LogP contribution in [0.4, 0.5) is 5.82 Å². The predicted octanol–water partition coefficient (Wildman–Crippen LogP) is 2.54. The highest BCUT2D eigenvalue weighted by Crippen LogP contribution is 2.19. The first-order chi connectivity index (χ1) is 13.1. The number of aromatic nitrogens is 4. The number of imidazole rings is 1. The van der Waals surface area contributed by atoms with Crippen LogP contribution < -0.4 is 16.2 Å². The second-order valence-corrected chi connectivity index (χ2v) is 7.47. The van der Waals surface area contributed by atoms with Crippen LogP contribution in [0.1, 0.15) is 58.8 Å². The molecule has 0 saturated carbocycles. The molecule has 3 heterocycles. The molecular weight excluding hydrogens is 344 g/mol. The van der Waals surface area contributed by atoms with Gasteiger partial charge in [-0.3, -0.25) is 4.57 Å². The highest BCUT2D eigenvalue weighted by atomic mass is 16.5. The molecular formula is C19H32N6O2. The van der Waals surface area contributed by atoms with Crippen molar-refractivity contribution in [3.8, 4) is 6.01 Å². The number of nitrogens with zero attached hydrogens (tertiary/aromatic N) is 4. The lowest BCUT2D eigenvalue weighted by Crippen LogP contribution is -2.30. The molecule has 1 aliphatic rings. The minimum absolute atomic E-state index is 0.00393. The minimum atomic E-state index is -0.192. The standard InChI is InChI=1S/C19H32N6O2/c1-3-14(2)27-18-22-16(20)15-17(23-18)25(19(26)21-15)13-9-5-8-12-24-10-6-4-7-11-24/h14H,3-13H2,1-2H3,(H,21,26)(H2,20,22,23)/t14-/m0/s1. The topological polar surface area (TPSA) is 102 Å². The van der Waals surface area contributed by atoms with Crippen LogP contribution in [0.3, 0.4) is 0 Å². The number of ether oxygens (including phenoxy) is 1. The van der Waals surface area contributed by atoms with Crippen LogP contribution in [0.25, 0.3) is 11.2 Å². The van der Waals surface area contributed by atoms with Gasteiger partial charge in [0.1, 0.15) is 5.52 Å². The van der Waals surface area contributed by atoms with E-state index in [4.69, 9.17) is 10.5 Å². The Kier molecular flexibility index (Phi) is 6.71. The van der Waals surface area contributed by atoms with Gasteiger partial charge < -0.3 is 20.4 Å². The van der Waals surface area contributed by atoms with Crippen molar-refractivity contribution >= 4 is 17.0 Å². The van der Waals surface area contributed by atoms with Gasteiger partial charge in [-0.25, -0.2) is 4.79 Å². The lowest BCUT2D eigenvalue weighted by atomic mass is 10.1. The maximum Gasteiger partial charge on any atom is 0.327 e. The summed E-state index contributed by atoms with van der Waals surface area (Å²) in [5.41, 5.74) is 6.82. The van der Waals surface area contributed by atoms with Crippen LogP contribution in [0.2, 0.25) is 0 Å². The van der Waals surface area contributed by atoms with Gasteiger partial charge in [-0.05, 0) is 58.7 Å². The average molecular weight is 377 g/mol. The van der Waals surface area contributed by atoms with E-state index < -0.39 is 0 Å². The fraction of sp³-hybridized carbons (Fsp3) is 0.737. The van der Waals surface area contributed by atoms with Crippen LogP contribution in [0.15, 0.2) is 4.79 Å². The monoisotopic (exact) mass is 376 g/mol. The van der Waals surface area contributed by atoms with Gasteiger partial charge in [-0.15, -0.1) is 0 Å². The Balaban J connectivity index is 1.61. The summed E-state index contributed by atoms with van der Waals surface area (Å²) < 4.78 is 7.34. The number of hydrogen-bond acceptors (Lipinski definition) is 6. The lowest BCUT2D eigenvalue weighted by molar-refractivity contribution is 0.200. The zero-order valence-electron chi connectivity index (χ0n) is 16.5. The van der Waals surface area contributed by atoms with Crippen molar-refractivity contribution in [3.63, 3.8) is 0 Å². The highest BCUT2D eigenvalue weighted by molar-refractivity contribution is 5.81. The van der Waals surface area contributed by atoms with Gasteiger partial charge in [-0.1, -0.05) is 19.8 Å². The van der Waals surface area contributed by atoms with Crippen LogP contribution >= 0.6 is 0 Å². The molecule has 3 N–H and O–H groups in total. The summed E-state index contributed by atoms with van der Waals surface area (Å²) in [4.78, 5) is 26.2. The average Bonchev–Trinajstić information content (AvgIpc) is 2.98. The maximum absolute atomic E-state index is 12.3. The number of aryl methyl sites for hydroxylation is 1. The van der Waals surface area contributed by atoms with Crippen LogP contribution in [0, 0.1) is 0 Å². The Morgan fingerprint density at radius 1 is 1.15 bits per heavy atom. The van der Waals surface area contributed by atoms with E-state index >= 15 is 0 Å². The summed E-state index contributed by atoms with van der Waals surface area (Å²) in [6.07, 6.45) is 8.05. The molecule has 0 radical (unpaired) electrons. The molecule has 150 valence electrons. The maximum atomic E-state index is 12.3. The lowest BCUT2D eigenvalue weighted by Gasteiger charge is -2.26. The number of anilines is 1. The molecule has 1 atom stereocenters. The molecule has 0 unspecified atom stereocenters. The Bertz CT molecular complexity index is 793. The molecule has 27 heavy (non-hydrogen) atoms. The van der Waals surface area contributed by atoms with Gasteiger partial charge in [0.15, 0.2) is 11.5 Å². The largest absolute Gasteiger partial charge is 0.460 e. The number of aromatic amines is 1. The number of nitrogens with one attached hydrogen (secondary N) is 1. The summed E-state index contributed by atoms with van der Waals surface area (Å²) in [7, 11) is 0. The number of hydrogen-bond donors (Lipinski definition) is 2. The number of unbranched alkanes of at least 4 members (excludes halogenated alkanes) is 2. The third-order valence-corrected chi connectivity index (χ3v) is 5.32.